The molecule has 1 saturated heterocycles. The lowest BCUT2D eigenvalue weighted by Gasteiger charge is -2.30. The monoisotopic (exact) mass is 397 g/mol. The van der Waals surface area contributed by atoms with E-state index in [1.807, 2.05) is 24.3 Å². The summed E-state index contributed by atoms with van der Waals surface area (Å²) in [7, 11) is 1.62. The van der Waals surface area contributed by atoms with Crippen molar-refractivity contribution in [2.45, 2.75) is 32.2 Å². The Kier molecular flexibility index (Phi) is 5.41. The number of benzene rings is 1. The lowest BCUT2D eigenvalue weighted by molar-refractivity contribution is 0.174. The van der Waals surface area contributed by atoms with Gasteiger partial charge < -0.3 is 19.5 Å². The number of aromatic amines is 1. The molecule has 10 heteroatoms. The first kappa shape index (κ1) is 18.9. The molecule has 10 nitrogen and oxygen atoms in total. The third kappa shape index (κ3) is 4.36. The Morgan fingerprint density at radius 1 is 1.28 bits per heavy atom. The standard InChI is InChI=1S/C19H23N7O3/c1-12-21-18(29-25-12)14-7-9-26(10-8-14)19(27)20-11-16-22-17(24-23-16)13-3-5-15(28-2)6-4-13/h3-6,14H,7-11H2,1-2H3,(H,20,27)(H,22,23,24). The van der Waals surface area contributed by atoms with Gasteiger partial charge in [-0.15, -0.1) is 0 Å². The zero-order valence-corrected chi connectivity index (χ0v) is 16.4. The summed E-state index contributed by atoms with van der Waals surface area (Å²) >= 11 is 0. The van der Waals surface area contributed by atoms with Gasteiger partial charge in [-0.1, -0.05) is 5.16 Å². The van der Waals surface area contributed by atoms with Crippen LogP contribution in [0.25, 0.3) is 11.4 Å². The quantitative estimate of drug-likeness (QED) is 0.677. The number of nitrogens with zero attached hydrogens (tertiary/aromatic N) is 5. The van der Waals surface area contributed by atoms with Gasteiger partial charge in [0, 0.05) is 24.6 Å². The number of likely N-dealkylation sites (tertiary alicyclic amines) is 1. The Labute approximate surface area is 167 Å². The number of aryl methyl sites for hydroxylation is 1. The number of piperidine rings is 1. The van der Waals surface area contributed by atoms with Crippen molar-refractivity contribution in [3.63, 3.8) is 0 Å². The molecule has 0 atom stereocenters. The maximum Gasteiger partial charge on any atom is 0.317 e. The van der Waals surface area contributed by atoms with Gasteiger partial charge in [0.1, 0.15) is 11.6 Å². The topological polar surface area (TPSA) is 122 Å². The maximum absolute atomic E-state index is 12.5. The van der Waals surface area contributed by atoms with Crippen LogP contribution in [0.4, 0.5) is 4.79 Å². The number of urea groups is 1. The summed E-state index contributed by atoms with van der Waals surface area (Å²) < 4.78 is 10.4. The number of aromatic nitrogens is 5. The second-order valence-corrected chi connectivity index (χ2v) is 6.93. The molecule has 1 aliphatic rings. The molecule has 0 unspecified atom stereocenters. The average molecular weight is 397 g/mol. The van der Waals surface area contributed by atoms with Gasteiger partial charge >= 0.3 is 6.03 Å². The van der Waals surface area contributed by atoms with Crippen molar-refractivity contribution in [2.24, 2.45) is 0 Å². The molecule has 0 bridgehead atoms. The fourth-order valence-corrected chi connectivity index (χ4v) is 3.32. The highest BCUT2D eigenvalue weighted by molar-refractivity contribution is 5.74. The van der Waals surface area contributed by atoms with E-state index >= 15 is 0 Å². The molecule has 0 radical (unpaired) electrons. The molecule has 3 aromatic rings. The van der Waals surface area contributed by atoms with Crippen LogP contribution in [0.1, 0.15) is 36.3 Å². The first-order chi connectivity index (χ1) is 14.1. The predicted molar refractivity (Wildman–Crippen MR) is 103 cm³/mol. The van der Waals surface area contributed by atoms with E-state index in [9.17, 15) is 4.79 Å². The molecule has 1 aromatic carbocycles. The number of amides is 2. The van der Waals surface area contributed by atoms with Crippen molar-refractivity contribution in [2.75, 3.05) is 20.2 Å². The normalized spacial score (nSPS) is 14.8. The lowest BCUT2D eigenvalue weighted by atomic mass is 9.97. The Balaban J connectivity index is 1.27. The smallest absolute Gasteiger partial charge is 0.317 e. The molecule has 152 valence electrons. The zero-order valence-electron chi connectivity index (χ0n) is 16.4. The van der Waals surface area contributed by atoms with Crippen LogP contribution in [-0.2, 0) is 6.54 Å². The van der Waals surface area contributed by atoms with Gasteiger partial charge in [-0.25, -0.2) is 9.78 Å². The van der Waals surface area contributed by atoms with Crippen molar-refractivity contribution in [1.29, 1.82) is 0 Å². The van der Waals surface area contributed by atoms with Crippen LogP contribution >= 0.6 is 0 Å². The molecule has 2 amide bonds. The van der Waals surface area contributed by atoms with Crippen molar-refractivity contribution >= 4 is 6.03 Å². The minimum atomic E-state index is -0.118. The zero-order chi connectivity index (χ0) is 20.2. The van der Waals surface area contributed by atoms with Gasteiger partial charge in [0.15, 0.2) is 11.6 Å². The largest absolute Gasteiger partial charge is 0.497 e. The third-order valence-corrected chi connectivity index (χ3v) is 4.96. The molecule has 2 aromatic heterocycles. The van der Waals surface area contributed by atoms with E-state index in [0.717, 1.165) is 24.2 Å². The molecule has 2 N–H and O–H groups in total. The van der Waals surface area contributed by atoms with Gasteiger partial charge in [-0.2, -0.15) is 10.1 Å². The Bertz CT molecular complexity index is 958. The van der Waals surface area contributed by atoms with Crippen LogP contribution in [0.3, 0.4) is 0 Å². The highest BCUT2D eigenvalue weighted by atomic mass is 16.5. The van der Waals surface area contributed by atoms with Gasteiger partial charge in [0.05, 0.1) is 13.7 Å². The highest BCUT2D eigenvalue weighted by Crippen LogP contribution is 2.26. The number of hydrogen-bond donors (Lipinski definition) is 2. The fourth-order valence-electron chi connectivity index (χ4n) is 3.32. The Hall–Kier alpha value is -3.43. The van der Waals surface area contributed by atoms with Crippen molar-refractivity contribution in [3.05, 3.63) is 41.8 Å². The average Bonchev–Trinajstić information content (AvgIpc) is 3.41. The summed E-state index contributed by atoms with van der Waals surface area (Å²) in [5.41, 5.74) is 0.873. The first-order valence-electron chi connectivity index (χ1n) is 9.51. The van der Waals surface area contributed by atoms with E-state index in [1.165, 1.54) is 0 Å². The summed E-state index contributed by atoms with van der Waals surface area (Å²) in [6.07, 6.45) is 1.61. The van der Waals surface area contributed by atoms with Gasteiger partial charge in [-0.3, -0.25) is 5.10 Å². The van der Waals surface area contributed by atoms with E-state index in [-0.39, 0.29) is 18.5 Å². The summed E-state index contributed by atoms with van der Waals surface area (Å²) in [4.78, 5) is 23.0. The van der Waals surface area contributed by atoms with Crippen LogP contribution in [0, 0.1) is 6.92 Å². The molecule has 1 aliphatic heterocycles. The summed E-state index contributed by atoms with van der Waals surface area (Å²) in [6.45, 7) is 3.38. The van der Waals surface area contributed by atoms with Crippen molar-refractivity contribution < 1.29 is 14.1 Å². The summed E-state index contributed by atoms with van der Waals surface area (Å²) in [6, 6.07) is 7.37. The van der Waals surface area contributed by atoms with Crippen LogP contribution in [0.15, 0.2) is 28.8 Å². The summed E-state index contributed by atoms with van der Waals surface area (Å²) in [5.74, 6) is 3.46. The fraction of sp³-hybridized carbons (Fsp3) is 0.421. The number of ether oxygens (including phenoxy) is 1. The van der Waals surface area contributed by atoms with E-state index in [0.29, 0.717) is 36.5 Å². The molecule has 0 saturated carbocycles. The highest BCUT2D eigenvalue weighted by Gasteiger charge is 2.27. The number of rotatable bonds is 5. The SMILES string of the molecule is COc1ccc(-c2n[nH]c(CNC(=O)N3CCC(c4nc(C)no4)CC3)n2)cc1. The lowest BCUT2D eigenvalue weighted by Crippen LogP contribution is -2.44. The molecule has 0 aliphatic carbocycles. The number of carbonyl (C=O) groups is 1. The van der Waals surface area contributed by atoms with Crippen LogP contribution < -0.4 is 10.1 Å². The Morgan fingerprint density at radius 3 is 2.69 bits per heavy atom. The molecule has 1 fully saturated rings. The number of nitrogens with one attached hydrogen (secondary N) is 2. The number of H-pyrrole nitrogens is 1. The minimum absolute atomic E-state index is 0.118. The van der Waals surface area contributed by atoms with Gasteiger partial charge in [0.2, 0.25) is 5.89 Å². The third-order valence-electron chi connectivity index (χ3n) is 4.96. The number of methoxy groups -OCH3 is 1. The van der Waals surface area contributed by atoms with E-state index in [2.05, 4.69) is 30.6 Å². The van der Waals surface area contributed by atoms with Crippen LogP contribution in [0.5, 0.6) is 5.75 Å². The minimum Gasteiger partial charge on any atom is -0.497 e. The second kappa shape index (κ2) is 8.29. The van der Waals surface area contributed by atoms with E-state index in [1.54, 1.807) is 18.9 Å². The first-order valence-corrected chi connectivity index (χ1v) is 9.51. The van der Waals surface area contributed by atoms with Crippen molar-refractivity contribution in [1.82, 2.24) is 35.5 Å². The van der Waals surface area contributed by atoms with Crippen molar-refractivity contribution in [3.8, 4) is 17.1 Å². The molecular formula is C19H23N7O3. The molecule has 4 rings (SSSR count). The number of hydrogen-bond acceptors (Lipinski definition) is 7. The maximum atomic E-state index is 12.5. The molecular weight excluding hydrogens is 374 g/mol. The second-order valence-electron chi connectivity index (χ2n) is 6.93. The van der Waals surface area contributed by atoms with Gasteiger partial charge in [0.25, 0.3) is 0 Å². The molecule has 0 spiro atoms. The van der Waals surface area contributed by atoms with Crippen LogP contribution in [-0.4, -0.2) is 56.5 Å². The molecule has 29 heavy (non-hydrogen) atoms. The van der Waals surface area contributed by atoms with Gasteiger partial charge in [-0.05, 0) is 44.0 Å². The predicted octanol–water partition coefficient (Wildman–Crippen LogP) is 2.26. The number of carbonyl (C=O) groups excluding carboxylic acids is 1. The van der Waals surface area contributed by atoms with Crippen LogP contribution in [0.2, 0.25) is 0 Å². The van der Waals surface area contributed by atoms with E-state index < -0.39 is 0 Å². The summed E-state index contributed by atoms with van der Waals surface area (Å²) in [5, 5.41) is 13.8. The Morgan fingerprint density at radius 2 is 2.03 bits per heavy atom. The van der Waals surface area contributed by atoms with E-state index in [4.69, 9.17) is 9.26 Å². The molecule has 3 heterocycles.